The first-order valence-electron chi connectivity index (χ1n) is 7.21. The molecule has 0 aromatic heterocycles. The first-order valence-corrected chi connectivity index (χ1v) is 7.21. The summed E-state index contributed by atoms with van der Waals surface area (Å²) in [5.74, 6) is -3.50. The maximum Gasteiger partial charge on any atom is 0.314 e. The average molecular weight is 294 g/mol. The summed E-state index contributed by atoms with van der Waals surface area (Å²) in [5.41, 5.74) is 1.72. The molecule has 110 valence electrons. The molecule has 2 N–H and O–H groups in total. The number of fused-ring (bicyclic) bond motifs is 6. The monoisotopic (exact) mass is 294 g/mol. The van der Waals surface area contributed by atoms with Gasteiger partial charge in [-0.2, -0.15) is 0 Å². The molecule has 4 heteroatoms. The van der Waals surface area contributed by atoms with Gasteiger partial charge in [-0.15, -0.1) is 0 Å². The van der Waals surface area contributed by atoms with Crippen molar-refractivity contribution in [1.82, 2.24) is 0 Å². The van der Waals surface area contributed by atoms with E-state index in [1.807, 2.05) is 36.4 Å². The molecule has 1 saturated carbocycles. The number of hydrogen-bond donors (Lipinski definition) is 2. The van der Waals surface area contributed by atoms with E-state index >= 15 is 0 Å². The van der Waals surface area contributed by atoms with Gasteiger partial charge in [0.15, 0.2) is 5.78 Å². The second kappa shape index (κ2) is 4.27. The molecule has 2 aromatic carbocycles. The fraction of sp³-hybridized carbons (Fsp3) is 0.222. The Bertz CT molecular complexity index is 810. The largest absolute Gasteiger partial charge is 0.481 e. The number of Topliss-reactive ketones (excluding diaryl/α,β-unsaturated/α-hetero) is 1. The lowest BCUT2D eigenvalue weighted by Crippen LogP contribution is -2.36. The topological polar surface area (TPSA) is 74.6 Å². The van der Waals surface area contributed by atoms with Gasteiger partial charge in [0.05, 0.1) is 0 Å². The lowest BCUT2D eigenvalue weighted by Gasteiger charge is -2.38. The van der Waals surface area contributed by atoms with E-state index in [1.165, 1.54) is 0 Å². The highest BCUT2D eigenvalue weighted by Crippen LogP contribution is 2.58. The third-order valence-electron chi connectivity index (χ3n) is 4.88. The molecular formula is C18H14O4. The number of ketones is 1. The van der Waals surface area contributed by atoms with E-state index in [0.29, 0.717) is 5.56 Å². The third kappa shape index (κ3) is 1.50. The minimum Gasteiger partial charge on any atom is -0.481 e. The quantitative estimate of drug-likeness (QED) is 0.791. The van der Waals surface area contributed by atoms with Crippen molar-refractivity contribution in [3.8, 4) is 11.1 Å². The minimum atomic E-state index is -1.44. The number of aliphatic hydroxyl groups is 1. The van der Waals surface area contributed by atoms with Crippen molar-refractivity contribution in [2.45, 2.75) is 17.9 Å². The van der Waals surface area contributed by atoms with Gasteiger partial charge in [0.2, 0.25) is 0 Å². The highest BCUT2D eigenvalue weighted by Gasteiger charge is 2.59. The second-order valence-electron chi connectivity index (χ2n) is 5.99. The SMILES string of the molecule is O=C(O)C1C(=O)CC2(O)c3ccccc3-c3ccccc3C12. The summed E-state index contributed by atoms with van der Waals surface area (Å²) in [6.07, 6.45) is -0.153. The Morgan fingerprint density at radius 1 is 1.05 bits per heavy atom. The normalized spacial score (nSPS) is 28.7. The zero-order chi connectivity index (χ0) is 15.5. The number of carbonyl (C=O) groups excluding carboxylic acids is 1. The number of benzene rings is 2. The number of carbonyl (C=O) groups is 2. The van der Waals surface area contributed by atoms with Crippen molar-refractivity contribution >= 4 is 11.8 Å². The van der Waals surface area contributed by atoms with Crippen molar-refractivity contribution in [1.29, 1.82) is 0 Å². The van der Waals surface area contributed by atoms with E-state index in [4.69, 9.17) is 0 Å². The number of carboxylic acid groups (broad SMARTS) is 1. The summed E-state index contributed by atoms with van der Waals surface area (Å²) in [6, 6.07) is 14.8. The van der Waals surface area contributed by atoms with Gasteiger partial charge in [-0.25, -0.2) is 0 Å². The molecule has 3 atom stereocenters. The van der Waals surface area contributed by atoms with E-state index in [9.17, 15) is 19.8 Å². The molecule has 2 aromatic rings. The first kappa shape index (κ1) is 13.2. The molecule has 0 aliphatic heterocycles. The molecular weight excluding hydrogens is 280 g/mol. The Kier molecular flexibility index (Phi) is 2.57. The van der Waals surface area contributed by atoms with Crippen LogP contribution in [0.25, 0.3) is 11.1 Å². The molecule has 3 unspecified atom stereocenters. The number of rotatable bonds is 1. The zero-order valence-corrected chi connectivity index (χ0v) is 11.7. The van der Waals surface area contributed by atoms with Crippen LogP contribution < -0.4 is 0 Å². The molecule has 4 nitrogen and oxygen atoms in total. The lowest BCUT2D eigenvalue weighted by molar-refractivity contribution is -0.146. The molecule has 0 radical (unpaired) electrons. The van der Waals surface area contributed by atoms with Gasteiger partial charge in [-0.05, 0) is 22.3 Å². The molecule has 0 bridgehead atoms. The van der Waals surface area contributed by atoms with E-state index in [-0.39, 0.29) is 6.42 Å². The zero-order valence-electron chi connectivity index (χ0n) is 11.7. The molecule has 2 aliphatic rings. The van der Waals surface area contributed by atoms with Crippen molar-refractivity contribution in [3.63, 3.8) is 0 Å². The highest BCUT2D eigenvalue weighted by molar-refractivity contribution is 6.03. The molecule has 1 fully saturated rings. The number of aliphatic carboxylic acids is 1. The minimum absolute atomic E-state index is 0.153. The van der Waals surface area contributed by atoms with Crippen molar-refractivity contribution in [2.24, 2.45) is 5.92 Å². The van der Waals surface area contributed by atoms with Crippen molar-refractivity contribution < 1.29 is 19.8 Å². The van der Waals surface area contributed by atoms with Crippen LogP contribution >= 0.6 is 0 Å². The van der Waals surface area contributed by atoms with Gasteiger partial charge in [-0.1, -0.05) is 48.5 Å². The molecule has 0 amide bonds. The van der Waals surface area contributed by atoms with Gasteiger partial charge in [0.25, 0.3) is 0 Å². The van der Waals surface area contributed by atoms with Gasteiger partial charge in [0.1, 0.15) is 11.5 Å². The summed E-state index contributed by atoms with van der Waals surface area (Å²) in [6.45, 7) is 0. The third-order valence-corrected chi connectivity index (χ3v) is 4.88. The Labute approximate surface area is 127 Å². The summed E-state index contributed by atoms with van der Waals surface area (Å²) in [5, 5.41) is 20.7. The second-order valence-corrected chi connectivity index (χ2v) is 5.99. The molecule has 4 rings (SSSR count). The number of hydrogen-bond acceptors (Lipinski definition) is 3. The predicted octanol–water partition coefficient (Wildman–Crippen LogP) is 2.31. The maximum absolute atomic E-state index is 12.3. The van der Waals surface area contributed by atoms with E-state index in [1.54, 1.807) is 12.1 Å². The van der Waals surface area contributed by atoms with Crippen LogP contribution in [0.5, 0.6) is 0 Å². The van der Waals surface area contributed by atoms with Crippen LogP contribution in [0.1, 0.15) is 23.5 Å². The summed E-state index contributed by atoms with van der Waals surface area (Å²) in [7, 11) is 0. The Hall–Kier alpha value is -2.46. The molecule has 0 saturated heterocycles. The fourth-order valence-electron chi connectivity index (χ4n) is 4.04. The van der Waals surface area contributed by atoms with E-state index in [0.717, 1.165) is 16.7 Å². The van der Waals surface area contributed by atoms with Crippen LogP contribution in [-0.4, -0.2) is 22.0 Å². The first-order chi connectivity index (χ1) is 10.5. The molecule has 2 aliphatic carbocycles. The van der Waals surface area contributed by atoms with Crippen molar-refractivity contribution in [2.75, 3.05) is 0 Å². The standard InChI is InChI=1S/C18H14O4/c19-14-9-18(22)13-8-4-3-6-11(13)10-5-1-2-7-12(10)16(18)15(14)17(20)21/h1-8,15-16,22H,9H2,(H,20,21). The molecule has 22 heavy (non-hydrogen) atoms. The van der Waals surface area contributed by atoms with Gasteiger partial charge in [-0.3, -0.25) is 9.59 Å². The van der Waals surface area contributed by atoms with Crippen LogP contribution in [0.15, 0.2) is 48.5 Å². The maximum atomic E-state index is 12.3. The van der Waals surface area contributed by atoms with E-state index in [2.05, 4.69) is 0 Å². The van der Waals surface area contributed by atoms with Crippen molar-refractivity contribution in [3.05, 3.63) is 59.7 Å². The molecule has 0 spiro atoms. The fourth-order valence-corrected chi connectivity index (χ4v) is 4.04. The van der Waals surface area contributed by atoms with E-state index < -0.39 is 29.2 Å². The van der Waals surface area contributed by atoms with Crippen LogP contribution in [0, 0.1) is 5.92 Å². The predicted molar refractivity (Wildman–Crippen MR) is 79.3 cm³/mol. The Morgan fingerprint density at radius 3 is 2.41 bits per heavy atom. The van der Waals surface area contributed by atoms with Crippen LogP contribution in [0.2, 0.25) is 0 Å². The Balaban J connectivity index is 2.07. The molecule has 0 heterocycles. The lowest BCUT2D eigenvalue weighted by atomic mass is 9.68. The van der Waals surface area contributed by atoms with Gasteiger partial charge >= 0.3 is 5.97 Å². The van der Waals surface area contributed by atoms with Crippen LogP contribution in [0.4, 0.5) is 0 Å². The summed E-state index contributed by atoms with van der Waals surface area (Å²) < 4.78 is 0. The summed E-state index contributed by atoms with van der Waals surface area (Å²) in [4.78, 5) is 23.9. The van der Waals surface area contributed by atoms with Crippen LogP contribution in [0.3, 0.4) is 0 Å². The summed E-state index contributed by atoms with van der Waals surface area (Å²) >= 11 is 0. The highest BCUT2D eigenvalue weighted by atomic mass is 16.4. The van der Waals surface area contributed by atoms with Crippen LogP contribution in [-0.2, 0) is 15.2 Å². The average Bonchev–Trinajstić information content (AvgIpc) is 2.79. The van der Waals surface area contributed by atoms with Gasteiger partial charge < -0.3 is 10.2 Å². The smallest absolute Gasteiger partial charge is 0.314 e. The Morgan fingerprint density at radius 2 is 1.68 bits per heavy atom. The van der Waals surface area contributed by atoms with Gasteiger partial charge in [0, 0.05) is 12.3 Å². The number of carboxylic acids is 1.